The van der Waals surface area contributed by atoms with Crippen molar-refractivity contribution in [3.63, 3.8) is 0 Å². The van der Waals surface area contributed by atoms with Crippen LogP contribution in [0.5, 0.6) is 0 Å². The maximum Gasteiger partial charge on any atom is 0.0907 e. The number of halogens is 3. The van der Waals surface area contributed by atoms with Crippen molar-refractivity contribution < 1.29 is 0 Å². The molecule has 0 aliphatic carbocycles. The number of aryl methyl sites for hydroxylation is 1. The molecule has 0 atom stereocenters. The lowest BCUT2D eigenvalue weighted by Gasteiger charge is -2.10. The highest BCUT2D eigenvalue weighted by molar-refractivity contribution is 6.41. The molecular formula is C12H10Cl3N. The molecular weight excluding hydrogens is 264 g/mol. The van der Waals surface area contributed by atoms with Gasteiger partial charge in [-0.15, -0.1) is 0 Å². The standard InChI is InChI=1S/C12H10Cl3N/c1-3-8-6(2)16-12-9(11(8)15)4-7(13)5-10(12)14/h4-5H,3H2,1-2H3. The topological polar surface area (TPSA) is 12.9 Å². The third-order valence-electron chi connectivity index (χ3n) is 2.60. The van der Waals surface area contributed by atoms with Crippen LogP contribution in [0, 0.1) is 6.92 Å². The molecule has 0 amide bonds. The van der Waals surface area contributed by atoms with Crippen molar-refractivity contribution in [3.05, 3.63) is 38.5 Å². The molecule has 2 aromatic rings. The van der Waals surface area contributed by atoms with Gasteiger partial charge in [-0.25, -0.2) is 0 Å². The number of rotatable bonds is 1. The van der Waals surface area contributed by atoms with Crippen LogP contribution in [0.1, 0.15) is 18.2 Å². The Kier molecular flexibility index (Phi) is 3.29. The molecule has 1 aromatic heterocycles. The second-order valence-corrected chi connectivity index (χ2v) is 4.85. The van der Waals surface area contributed by atoms with Gasteiger partial charge in [0, 0.05) is 16.1 Å². The highest BCUT2D eigenvalue weighted by Gasteiger charge is 2.12. The van der Waals surface area contributed by atoms with E-state index in [1.165, 1.54) is 0 Å². The summed E-state index contributed by atoms with van der Waals surface area (Å²) in [7, 11) is 0. The summed E-state index contributed by atoms with van der Waals surface area (Å²) >= 11 is 18.4. The zero-order valence-electron chi connectivity index (χ0n) is 8.94. The Morgan fingerprint density at radius 3 is 2.50 bits per heavy atom. The molecule has 0 aliphatic heterocycles. The summed E-state index contributed by atoms with van der Waals surface area (Å²) in [6.07, 6.45) is 0.845. The van der Waals surface area contributed by atoms with E-state index in [-0.39, 0.29) is 0 Å². The molecule has 4 heteroatoms. The fourth-order valence-electron chi connectivity index (χ4n) is 1.81. The molecule has 84 valence electrons. The molecule has 1 aromatic carbocycles. The minimum atomic E-state index is 0.537. The predicted molar refractivity (Wildman–Crippen MR) is 70.9 cm³/mol. The largest absolute Gasteiger partial charge is 0.251 e. The van der Waals surface area contributed by atoms with E-state index >= 15 is 0 Å². The number of fused-ring (bicyclic) bond motifs is 1. The summed E-state index contributed by atoms with van der Waals surface area (Å²) in [5.41, 5.74) is 2.68. The Balaban J connectivity index is 2.93. The lowest BCUT2D eigenvalue weighted by atomic mass is 10.1. The summed E-state index contributed by atoms with van der Waals surface area (Å²) in [6, 6.07) is 3.48. The predicted octanol–water partition coefficient (Wildman–Crippen LogP) is 5.07. The highest BCUT2D eigenvalue weighted by Crippen LogP contribution is 2.34. The van der Waals surface area contributed by atoms with Crippen molar-refractivity contribution in [1.82, 2.24) is 4.98 Å². The van der Waals surface area contributed by atoms with Crippen molar-refractivity contribution in [2.75, 3.05) is 0 Å². The molecule has 0 fully saturated rings. The summed E-state index contributed by atoms with van der Waals surface area (Å²) in [4.78, 5) is 4.47. The molecule has 1 heterocycles. The first-order valence-electron chi connectivity index (χ1n) is 4.98. The average molecular weight is 275 g/mol. The fourth-order valence-corrected chi connectivity index (χ4v) is 2.76. The Morgan fingerprint density at radius 2 is 1.88 bits per heavy atom. The van der Waals surface area contributed by atoms with Gasteiger partial charge in [0.25, 0.3) is 0 Å². The number of hydrogen-bond donors (Lipinski definition) is 0. The number of hydrogen-bond acceptors (Lipinski definition) is 1. The molecule has 0 saturated carbocycles. The van der Waals surface area contributed by atoms with Crippen LogP contribution in [-0.2, 0) is 6.42 Å². The first kappa shape index (κ1) is 12.0. The quantitative estimate of drug-likeness (QED) is 0.708. The van der Waals surface area contributed by atoms with E-state index in [1.807, 2.05) is 13.8 Å². The lowest BCUT2D eigenvalue weighted by molar-refractivity contribution is 1.07. The van der Waals surface area contributed by atoms with Crippen molar-refractivity contribution in [2.24, 2.45) is 0 Å². The van der Waals surface area contributed by atoms with Gasteiger partial charge in [0.2, 0.25) is 0 Å². The number of pyridine rings is 1. The van der Waals surface area contributed by atoms with Crippen LogP contribution < -0.4 is 0 Å². The third-order valence-corrected chi connectivity index (χ3v) is 3.54. The summed E-state index contributed by atoms with van der Waals surface area (Å²) in [6.45, 7) is 3.99. The van der Waals surface area contributed by atoms with Crippen molar-refractivity contribution in [2.45, 2.75) is 20.3 Å². The van der Waals surface area contributed by atoms with Gasteiger partial charge in [0.15, 0.2) is 0 Å². The molecule has 16 heavy (non-hydrogen) atoms. The zero-order chi connectivity index (χ0) is 11.9. The summed E-state index contributed by atoms with van der Waals surface area (Å²) in [5.74, 6) is 0. The van der Waals surface area contributed by atoms with Gasteiger partial charge in [-0.1, -0.05) is 41.7 Å². The number of benzene rings is 1. The summed E-state index contributed by atoms with van der Waals surface area (Å²) in [5, 5.41) is 2.64. The van der Waals surface area contributed by atoms with E-state index < -0.39 is 0 Å². The summed E-state index contributed by atoms with van der Waals surface area (Å²) < 4.78 is 0. The van der Waals surface area contributed by atoms with E-state index in [0.29, 0.717) is 20.6 Å². The van der Waals surface area contributed by atoms with Crippen LogP contribution in [0.15, 0.2) is 12.1 Å². The molecule has 0 spiro atoms. The molecule has 1 nitrogen and oxygen atoms in total. The first-order chi connectivity index (χ1) is 7.54. The molecule has 0 unspecified atom stereocenters. The van der Waals surface area contributed by atoms with E-state index in [1.54, 1.807) is 12.1 Å². The van der Waals surface area contributed by atoms with E-state index in [0.717, 1.165) is 23.1 Å². The van der Waals surface area contributed by atoms with Crippen LogP contribution in [0.4, 0.5) is 0 Å². The van der Waals surface area contributed by atoms with Crippen molar-refractivity contribution >= 4 is 45.7 Å². The third kappa shape index (κ3) is 1.88. The Bertz CT molecular complexity index is 564. The minimum absolute atomic E-state index is 0.537. The van der Waals surface area contributed by atoms with E-state index in [9.17, 15) is 0 Å². The van der Waals surface area contributed by atoms with Gasteiger partial charge < -0.3 is 0 Å². The lowest BCUT2D eigenvalue weighted by Crippen LogP contribution is -1.95. The molecule has 0 aliphatic rings. The van der Waals surface area contributed by atoms with Crippen molar-refractivity contribution in [3.8, 4) is 0 Å². The maximum atomic E-state index is 6.33. The highest BCUT2D eigenvalue weighted by atomic mass is 35.5. The van der Waals surface area contributed by atoms with E-state index in [2.05, 4.69) is 4.98 Å². The normalized spacial score (nSPS) is 11.1. The number of aromatic nitrogens is 1. The molecule has 0 N–H and O–H groups in total. The molecule has 0 bridgehead atoms. The maximum absolute atomic E-state index is 6.33. The fraction of sp³-hybridized carbons (Fsp3) is 0.250. The average Bonchev–Trinajstić information content (AvgIpc) is 2.21. The molecule has 0 saturated heterocycles. The Labute approximate surface area is 109 Å². The van der Waals surface area contributed by atoms with E-state index in [4.69, 9.17) is 34.8 Å². The molecule has 0 radical (unpaired) electrons. The van der Waals surface area contributed by atoms with Gasteiger partial charge in [-0.05, 0) is 31.0 Å². The Morgan fingerprint density at radius 1 is 1.19 bits per heavy atom. The van der Waals surface area contributed by atoms with Crippen LogP contribution in [0.3, 0.4) is 0 Å². The first-order valence-corrected chi connectivity index (χ1v) is 6.11. The van der Waals surface area contributed by atoms with Crippen LogP contribution in [-0.4, -0.2) is 4.98 Å². The monoisotopic (exact) mass is 273 g/mol. The van der Waals surface area contributed by atoms with Gasteiger partial charge >= 0.3 is 0 Å². The van der Waals surface area contributed by atoms with Crippen LogP contribution in [0.25, 0.3) is 10.9 Å². The Hall–Kier alpha value is -0.500. The second-order valence-electron chi connectivity index (χ2n) is 3.63. The smallest absolute Gasteiger partial charge is 0.0907 e. The van der Waals surface area contributed by atoms with Crippen LogP contribution >= 0.6 is 34.8 Å². The number of nitrogens with zero attached hydrogens (tertiary/aromatic N) is 1. The zero-order valence-corrected chi connectivity index (χ0v) is 11.2. The minimum Gasteiger partial charge on any atom is -0.251 e. The molecule has 2 rings (SSSR count). The van der Waals surface area contributed by atoms with Gasteiger partial charge in [-0.3, -0.25) is 4.98 Å². The van der Waals surface area contributed by atoms with Crippen molar-refractivity contribution in [1.29, 1.82) is 0 Å². The SMILES string of the molecule is CCc1c(C)nc2c(Cl)cc(Cl)cc2c1Cl. The second kappa shape index (κ2) is 4.40. The van der Waals surface area contributed by atoms with Crippen LogP contribution in [0.2, 0.25) is 15.1 Å². The van der Waals surface area contributed by atoms with Gasteiger partial charge in [0.1, 0.15) is 0 Å². The van der Waals surface area contributed by atoms with Gasteiger partial charge in [-0.2, -0.15) is 0 Å². The van der Waals surface area contributed by atoms with Gasteiger partial charge in [0.05, 0.1) is 15.6 Å².